The van der Waals surface area contributed by atoms with Gasteiger partial charge in [0.2, 0.25) is 21.8 Å². The van der Waals surface area contributed by atoms with Crippen LogP contribution in [0.15, 0.2) is 52.9 Å². The van der Waals surface area contributed by atoms with Crippen molar-refractivity contribution >= 4 is 31.6 Å². The van der Waals surface area contributed by atoms with E-state index < -0.39 is 10.0 Å². The Morgan fingerprint density at radius 3 is 2.62 bits per heavy atom. The second-order valence-corrected chi connectivity index (χ2v) is 10.1. The van der Waals surface area contributed by atoms with E-state index in [9.17, 15) is 8.42 Å². The summed E-state index contributed by atoms with van der Waals surface area (Å²) in [5, 5.41) is 8.56. The SMILES string of the molecule is O=S(=O)(NCc1nnc(Cc2nc3ccc(-c4ccccc4)cc3s2)o1)C1CC1. The highest BCUT2D eigenvalue weighted by atomic mass is 32.2. The zero-order valence-corrected chi connectivity index (χ0v) is 17.0. The largest absolute Gasteiger partial charge is 0.423 e. The molecule has 9 heteroatoms. The molecule has 2 aromatic carbocycles. The molecule has 1 fully saturated rings. The lowest BCUT2D eigenvalue weighted by Crippen LogP contribution is -2.26. The third-order valence-corrected chi connectivity index (χ3v) is 7.65. The predicted octanol–water partition coefficient (Wildman–Crippen LogP) is 3.52. The van der Waals surface area contributed by atoms with Crippen molar-refractivity contribution in [2.75, 3.05) is 0 Å². The number of sulfonamides is 1. The van der Waals surface area contributed by atoms with E-state index in [1.54, 1.807) is 11.3 Å². The number of benzene rings is 2. The Kier molecular flexibility index (Phi) is 4.65. The second kappa shape index (κ2) is 7.33. The van der Waals surface area contributed by atoms with Crippen LogP contribution >= 0.6 is 11.3 Å². The molecule has 148 valence electrons. The van der Waals surface area contributed by atoms with Gasteiger partial charge in [-0.05, 0) is 36.1 Å². The fourth-order valence-electron chi connectivity index (χ4n) is 3.08. The highest BCUT2D eigenvalue weighted by Crippen LogP contribution is 2.29. The quantitative estimate of drug-likeness (QED) is 0.486. The van der Waals surface area contributed by atoms with E-state index in [1.165, 1.54) is 5.56 Å². The number of thiazole rings is 1. The van der Waals surface area contributed by atoms with E-state index in [2.05, 4.69) is 44.2 Å². The number of nitrogens with zero attached hydrogens (tertiary/aromatic N) is 3. The first-order valence-electron chi connectivity index (χ1n) is 9.31. The van der Waals surface area contributed by atoms with Gasteiger partial charge >= 0.3 is 0 Å². The van der Waals surface area contributed by atoms with Crippen LogP contribution in [0.4, 0.5) is 0 Å². The van der Waals surface area contributed by atoms with Crippen LogP contribution in [0, 0.1) is 0 Å². The Morgan fingerprint density at radius 2 is 1.83 bits per heavy atom. The van der Waals surface area contributed by atoms with Gasteiger partial charge in [-0.25, -0.2) is 18.1 Å². The molecule has 0 atom stereocenters. The van der Waals surface area contributed by atoms with Crippen LogP contribution in [0.25, 0.3) is 21.3 Å². The summed E-state index contributed by atoms with van der Waals surface area (Å²) in [5.41, 5.74) is 3.25. The molecule has 1 aliphatic rings. The van der Waals surface area contributed by atoms with Crippen molar-refractivity contribution in [3.8, 4) is 11.1 Å². The fraction of sp³-hybridized carbons (Fsp3) is 0.250. The highest BCUT2D eigenvalue weighted by Gasteiger charge is 2.35. The third-order valence-electron chi connectivity index (χ3n) is 4.74. The van der Waals surface area contributed by atoms with Gasteiger partial charge in [0.05, 0.1) is 28.4 Å². The minimum atomic E-state index is -3.27. The van der Waals surface area contributed by atoms with Gasteiger partial charge in [-0.1, -0.05) is 36.4 Å². The summed E-state index contributed by atoms with van der Waals surface area (Å²) in [5.74, 6) is 0.685. The molecule has 2 heterocycles. The van der Waals surface area contributed by atoms with Crippen molar-refractivity contribution in [3.05, 3.63) is 65.3 Å². The maximum atomic E-state index is 11.9. The van der Waals surface area contributed by atoms with Crippen molar-refractivity contribution in [2.24, 2.45) is 0 Å². The molecule has 0 bridgehead atoms. The minimum Gasteiger partial charge on any atom is -0.423 e. The summed E-state index contributed by atoms with van der Waals surface area (Å²) in [6.07, 6.45) is 1.85. The molecule has 0 aliphatic heterocycles. The molecule has 0 saturated heterocycles. The lowest BCUT2D eigenvalue weighted by atomic mass is 10.1. The molecular formula is C20H18N4O3S2. The van der Waals surface area contributed by atoms with E-state index in [0.29, 0.717) is 25.2 Å². The first-order chi connectivity index (χ1) is 14.1. The lowest BCUT2D eigenvalue weighted by molar-refractivity contribution is 0.451. The monoisotopic (exact) mass is 426 g/mol. The van der Waals surface area contributed by atoms with Crippen molar-refractivity contribution in [1.82, 2.24) is 19.9 Å². The van der Waals surface area contributed by atoms with Crippen LogP contribution < -0.4 is 4.72 Å². The van der Waals surface area contributed by atoms with Gasteiger partial charge < -0.3 is 4.42 Å². The van der Waals surface area contributed by atoms with Gasteiger partial charge in [-0.3, -0.25) is 0 Å². The molecule has 1 N–H and O–H groups in total. The standard InChI is InChI=1S/C20H18N4O3S2/c25-29(26,15-7-8-15)21-12-19-24-23-18(27-19)11-20-22-16-9-6-14(10-17(16)28-20)13-4-2-1-3-5-13/h1-6,9-10,15,21H,7-8,11-12H2. The van der Waals surface area contributed by atoms with Crippen LogP contribution in [0.3, 0.4) is 0 Å². The van der Waals surface area contributed by atoms with Gasteiger partial charge in [-0.2, -0.15) is 0 Å². The Balaban J connectivity index is 1.30. The molecule has 0 amide bonds. The zero-order valence-electron chi connectivity index (χ0n) is 15.4. The van der Waals surface area contributed by atoms with Gasteiger partial charge in [0.1, 0.15) is 5.01 Å². The Labute approximate surface area is 171 Å². The van der Waals surface area contributed by atoms with Crippen LogP contribution in [0.5, 0.6) is 0 Å². The van der Waals surface area contributed by atoms with Gasteiger partial charge in [0.15, 0.2) is 0 Å². The molecule has 0 radical (unpaired) electrons. The summed E-state index contributed by atoms with van der Waals surface area (Å²) in [6.45, 7) is 0.0200. The van der Waals surface area contributed by atoms with Crippen LogP contribution in [0.1, 0.15) is 29.6 Å². The molecule has 5 rings (SSSR count). The summed E-state index contributed by atoms with van der Waals surface area (Å²) in [6, 6.07) is 16.4. The third kappa shape index (κ3) is 4.07. The van der Waals surface area contributed by atoms with Crippen molar-refractivity contribution in [3.63, 3.8) is 0 Å². The lowest BCUT2D eigenvalue weighted by Gasteiger charge is -2.01. The first kappa shape index (κ1) is 18.4. The van der Waals surface area contributed by atoms with E-state index in [1.807, 2.05) is 24.3 Å². The summed E-state index contributed by atoms with van der Waals surface area (Å²) < 4.78 is 33.0. The molecular weight excluding hydrogens is 408 g/mol. The number of aromatic nitrogens is 3. The van der Waals surface area contributed by atoms with Crippen molar-refractivity contribution in [1.29, 1.82) is 0 Å². The van der Waals surface area contributed by atoms with Crippen molar-refractivity contribution in [2.45, 2.75) is 31.1 Å². The second-order valence-electron chi connectivity index (χ2n) is 6.99. The molecule has 7 nitrogen and oxygen atoms in total. The molecule has 4 aromatic rings. The number of fused-ring (bicyclic) bond motifs is 1. The molecule has 29 heavy (non-hydrogen) atoms. The normalized spacial score (nSPS) is 14.5. The van der Waals surface area contributed by atoms with Gasteiger partial charge in [0, 0.05) is 0 Å². The maximum Gasteiger partial charge on any atom is 0.231 e. The smallest absolute Gasteiger partial charge is 0.231 e. The number of hydrogen-bond donors (Lipinski definition) is 1. The number of nitrogens with one attached hydrogen (secondary N) is 1. The molecule has 0 unspecified atom stereocenters. The van der Waals surface area contributed by atoms with E-state index in [0.717, 1.165) is 20.8 Å². The number of hydrogen-bond acceptors (Lipinski definition) is 7. The predicted molar refractivity (Wildman–Crippen MR) is 111 cm³/mol. The molecule has 0 spiro atoms. The molecule has 1 aliphatic carbocycles. The number of rotatable bonds is 7. The van der Waals surface area contributed by atoms with Crippen molar-refractivity contribution < 1.29 is 12.8 Å². The Hall–Kier alpha value is -2.62. The molecule has 2 aromatic heterocycles. The summed E-state index contributed by atoms with van der Waals surface area (Å²) in [4.78, 5) is 4.65. The Morgan fingerprint density at radius 1 is 1.03 bits per heavy atom. The summed E-state index contributed by atoms with van der Waals surface area (Å²) >= 11 is 1.59. The minimum absolute atomic E-state index is 0.0200. The highest BCUT2D eigenvalue weighted by molar-refractivity contribution is 7.90. The molecule has 1 saturated carbocycles. The van der Waals surface area contributed by atoms with Crippen LogP contribution in [-0.4, -0.2) is 28.8 Å². The fourth-order valence-corrected chi connectivity index (χ4v) is 5.39. The van der Waals surface area contributed by atoms with Crippen LogP contribution in [0.2, 0.25) is 0 Å². The first-order valence-corrected chi connectivity index (χ1v) is 11.7. The maximum absolute atomic E-state index is 11.9. The zero-order chi connectivity index (χ0) is 19.8. The van der Waals surface area contributed by atoms with Gasteiger partial charge in [-0.15, -0.1) is 21.5 Å². The van der Waals surface area contributed by atoms with E-state index >= 15 is 0 Å². The summed E-state index contributed by atoms with van der Waals surface area (Å²) in [7, 11) is -3.27. The van der Waals surface area contributed by atoms with E-state index in [4.69, 9.17) is 4.42 Å². The van der Waals surface area contributed by atoms with Crippen LogP contribution in [-0.2, 0) is 23.0 Å². The van der Waals surface area contributed by atoms with Gasteiger partial charge in [0.25, 0.3) is 0 Å². The average molecular weight is 427 g/mol. The topological polar surface area (TPSA) is 98.0 Å². The average Bonchev–Trinajstić information content (AvgIpc) is 3.39. The Bertz CT molecular complexity index is 1260. The van der Waals surface area contributed by atoms with E-state index in [-0.39, 0.29) is 17.7 Å².